The van der Waals surface area contributed by atoms with E-state index >= 15 is 0 Å². The monoisotopic (exact) mass is 455 g/mol. The molecule has 0 radical (unpaired) electrons. The number of rotatable bonds is 3. The number of likely N-dealkylation sites (tertiary alicyclic amines) is 1. The number of hydrogen-bond acceptors (Lipinski definition) is 5. The highest BCUT2D eigenvalue weighted by atomic mass is 28.4. The molecule has 31 heavy (non-hydrogen) atoms. The minimum Gasteiger partial charge on any atom is -0.444 e. The summed E-state index contributed by atoms with van der Waals surface area (Å²) in [6, 6.07) is 0. The molecule has 1 saturated carbocycles. The van der Waals surface area contributed by atoms with Crippen LogP contribution in [0, 0.1) is 11.8 Å². The highest BCUT2D eigenvalue weighted by Gasteiger charge is 2.67. The molecule has 0 aromatic rings. The Morgan fingerprint density at radius 1 is 1.13 bits per heavy atom. The van der Waals surface area contributed by atoms with Crippen LogP contribution in [-0.2, 0) is 18.6 Å². The molecule has 3 aliphatic rings. The highest BCUT2D eigenvalue weighted by Crippen LogP contribution is 2.54. The lowest BCUT2D eigenvalue weighted by Gasteiger charge is -2.52. The molecule has 0 aromatic heterocycles. The van der Waals surface area contributed by atoms with Crippen molar-refractivity contribution in [2.45, 2.75) is 122 Å². The van der Waals surface area contributed by atoms with Crippen LogP contribution < -0.4 is 0 Å². The van der Waals surface area contributed by atoms with E-state index in [-0.39, 0.29) is 23.3 Å². The maximum absolute atomic E-state index is 13.4. The van der Waals surface area contributed by atoms with Gasteiger partial charge in [-0.2, -0.15) is 0 Å². The number of carbonyl (C=O) groups is 1. The van der Waals surface area contributed by atoms with E-state index in [9.17, 15) is 4.79 Å². The van der Waals surface area contributed by atoms with Gasteiger partial charge in [-0.3, -0.25) is 4.90 Å². The Bertz CT molecular complexity index is 695. The first-order valence-electron chi connectivity index (χ1n) is 11.9. The van der Waals surface area contributed by atoms with Crippen LogP contribution in [0.25, 0.3) is 0 Å². The molecule has 1 aliphatic carbocycles. The van der Waals surface area contributed by atoms with Crippen LogP contribution in [0.15, 0.2) is 0 Å². The van der Waals surface area contributed by atoms with Crippen molar-refractivity contribution in [3.63, 3.8) is 0 Å². The van der Waals surface area contributed by atoms with Crippen molar-refractivity contribution in [1.82, 2.24) is 4.90 Å². The van der Waals surface area contributed by atoms with Crippen LogP contribution in [0.3, 0.4) is 0 Å². The molecule has 6 nitrogen and oxygen atoms in total. The molecule has 0 unspecified atom stereocenters. The van der Waals surface area contributed by atoms with Crippen LogP contribution in [0.1, 0.15) is 75.2 Å². The van der Waals surface area contributed by atoms with Gasteiger partial charge in [0.25, 0.3) is 0 Å². The van der Waals surface area contributed by atoms with E-state index in [1.54, 1.807) is 0 Å². The number of nitrogens with zero attached hydrogens (tertiary/aromatic N) is 1. The topological polar surface area (TPSA) is 57.2 Å². The molecule has 1 amide bonds. The molecule has 0 aromatic carbocycles. The first-order valence-corrected chi connectivity index (χ1v) is 14.8. The average molecular weight is 456 g/mol. The van der Waals surface area contributed by atoms with E-state index in [2.05, 4.69) is 40.8 Å². The molecule has 5 atom stereocenters. The smallest absolute Gasteiger partial charge is 0.410 e. The van der Waals surface area contributed by atoms with Crippen molar-refractivity contribution in [3.8, 4) is 0 Å². The summed E-state index contributed by atoms with van der Waals surface area (Å²) < 4.78 is 25.6. The van der Waals surface area contributed by atoms with Gasteiger partial charge in [-0.15, -0.1) is 0 Å². The number of carbonyl (C=O) groups excluding carboxylic acids is 1. The van der Waals surface area contributed by atoms with Crippen LogP contribution in [0.2, 0.25) is 18.1 Å². The third kappa shape index (κ3) is 4.57. The van der Waals surface area contributed by atoms with Crippen molar-refractivity contribution in [2.75, 3.05) is 13.2 Å². The normalized spacial score (nSPS) is 35.6. The van der Waals surface area contributed by atoms with Gasteiger partial charge in [-0.05, 0) is 77.4 Å². The molecule has 0 N–H and O–H groups in total. The fraction of sp³-hybridized carbons (Fsp3) is 0.958. The SMILES string of the molecule is C[C@@H]1C[C@@H]2CCN(C(=O)OC(C)(C)C)[C@@]2(CO[Si](C)(C)C(C)(C)C)[C@@H]2OC(C)(C)O[C@@H]12. The summed E-state index contributed by atoms with van der Waals surface area (Å²) >= 11 is 0. The summed E-state index contributed by atoms with van der Waals surface area (Å²) in [5.74, 6) is -0.000115. The minimum atomic E-state index is -2.04. The fourth-order valence-electron chi connectivity index (χ4n) is 5.21. The summed E-state index contributed by atoms with van der Waals surface area (Å²) in [6.45, 7) is 24.4. The molecule has 2 aliphatic heterocycles. The van der Waals surface area contributed by atoms with Gasteiger partial charge in [0.15, 0.2) is 14.1 Å². The number of ether oxygens (including phenoxy) is 3. The first kappa shape index (κ1) is 25.0. The van der Waals surface area contributed by atoms with Gasteiger partial charge < -0.3 is 18.6 Å². The zero-order valence-corrected chi connectivity index (χ0v) is 22.6. The van der Waals surface area contributed by atoms with Gasteiger partial charge in [0.1, 0.15) is 11.7 Å². The van der Waals surface area contributed by atoms with Crippen LogP contribution in [0.4, 0.5) is 4.79 Å². The second-order valence-corrected chi connectivity index (χ2v) is 17.7. The highest BCUT2D eigenvalue weighted by molar-refractivity contribution is 6.74. The first-order chi connectivity index (χ1) is 13.9. The predicted octanol–water partition coefficient (Wildman–Crippen LogP) is 5.56. The Morgan fingerprint density at radius 3 is 2.29 bits per heavy atom. The summed E-state index contributed by atoms with van der Waals surface area (Å²) in [6.07, 6.45) is 1.39. The number of hydrogen-bond donors (Lipinski definition) is 0. The fourth-order valence-corrected chi connectivity index (χ4v) is 6.24. The predicted molar refractivity (Wildman–Crippen MR) is 125 cm³/mol. The average Bonchev–Trinajstić information content (AvgIpc) is 3.08. The van der Waals surface area contributed by atoms with Gasteiger partial charge in [-0.1, -0.05) is 27.7 Å². The number of amides is 1. The Kier molecular flexibility index (Phi) is 6.22. The van der Waals surface area contributed by atoms with Crippen molar-refractivity contribution >= 4 is 14.4 Å². The van der Waals surface area contributed by atoms with Crippen LogP contribution in [0.5, 0.6) is 0 Å². The summed E-state index contributed by atoms with van der Waals surface area (Å²) in [5.41, 5.74) is -1.12. The van der Waals surface area contributed by atoms with Crippen molar-refractivity contribution in [2.24, 2.45) is 11.8 Å². The van der Waals surface area contributed by atoms with Gasteiger partial charge in [0.05, 0.1) is 18.2 Å². The minimum absolute atomic E-state index is 0.0581. The Labute approximate surface area is 190 Å². The van der Waals surface area contributed by atoms with E-state index in [1.165, 1.54) is 0 Å². The third-order valence-electron chi connectivity index (χ3n) is 7.83. The second-order valence-electron chi connectivity index (χ2n) is 12.9. The van der Waals surface area contributed by atoms with Gasteiger partial charge in [-0.25, -0.2) is 4.79 Å². The van der Waals surface area contributed by atoms with E-state index in [1.807, 2.05) is 39.5 Å². The maximum atomic E-state index is 13.4. The molecule has 7 heteroatoms. The zero-order chi connectivity index (χ0) is 23.6. The third-order valence-corrected chi connectivity index (χ3v) is 12.3. The van der Waals surface area contributed by atoms with E-state index < -0.39 is 25.2 Å². The zero-order valence-electron chi connectivity index (χ0n) is 21.6. The lowest BCUT2D eigenvalue weighted by atomic mass is 9.67. The van der Waals surface area contributed by atoms with E-state index in [0.717, 1.165) is 12.8 Å². The van der Waals surface area contributed by atoms with Gasteiger partial charge >= 0.3 is 6.09 Å². The Balaban J connectivity index is 2.02. The molecular formula is C24H45NO5Si. The molecule has 180 valence electrons. The van der Waals surface area contributed by atoms with Crippen molar-refractivity contribution in [1.29, 1.82) is 0 Å². The van der Waals surface area contributed by atoms with Crippen LogP contribution >= 0.6 is 0 Å². The van der Waals surface area contributed by atoms with Crippen molar-refractivity contribution in [3.05, 3.63) is 0 Å². The lowest BCUT2D eigenvalue weighted by Crippen LogP contribution is -2.68. The van der Waals surface area contributed by atoms with E-state index in [4.69, 9.17) is 18.6 Å². The standard InChI is InChI=1S/C24H45NO5Si/c1-16-14-17-12-13-25(20(26)30-21(2,3)4)24(17,15-27-31(10,11)22(5,6)7)19-18(16)28-23(8,9)29-19/h16-19H,12-15H2,1-11H3/t16-,17+,18+,19-,24-/m1/s1. The number of fused-ring (bicyclic) bond motifs is 3. The summed E-state index contributed by atoms with van der Waals surface area (Å²) in [5, 5.41) is 0.0855. The molecule has 2 saturated heterocycles. The molecule has 0 spiro atoms. The lowest BCUT2D eigenvalue weighted by molar-refractivity contribution is -0.162. The van der Waals surface area contributed by atoms with E-state index in [0.29, 0.717) is 25.0 Å². The quantitative estimate of drug-likeness (QED) is 0.521. The summed E-state index contributed by atoms with van der Waals surface area (Å²) in [7, 11) is -2.04. The van der Waals surface area contributed by atoms with Gasteiger partial charge in [0.2, 0.25) is 0 Å². The van der Waals surface area contributed by atoms with Crippen molar-refractivity contribution < 1.29 is 23.4 Å². The largest absolute Gasteiger partial charge is 0.444 e. The maximum Gasteiger partial charge on any atom is 0.410 e. The Hall–Kier alpha value is -0.633. The second kappa shape index (κ2) is 7.71. The van der Waals surface area contributed by atoms with Crippen LogP contribution in [-0.4, -0.2) is 61.6 Å². The molecule has 0 bridgehead atoms. The van der Waals surface area contributed by atoms with Gasteiger partial charge in [0, 0.05) is 6.54 Å². The molecule has 3 rings (SSSR count). The summed E-state index contributed by atoms with van der Waals surface area (Å²) in [4.78, 5) is 15.4. The molecule has 2 heterocycles. The Morgan fingerprint density at radius 2 is 1.74 bits per heavy atom. The molecule has 3 fully saturated rings. The molecular weight excluding hydrogens is 410 g/mol.